The summed E-state index contributed by atoms with van der Waals surface area (Å²) >= 11 is 1.64. The van der Waals surface area contributed by atoms with Gasteiger partial charge in [-0.3, -0.25) is 4.79 Å². The number of hydrogen-bond donors (Lipinski definition) is 2. The van der Waals surface area contributed by atoms with Gasteiger partial charge in [-0.2, -0.15) is 0 Å². The summed E-state index contributed by atoms with van der Waals surface area (Å²) in [5.41, 5.74) is 3.22. The van der Waals surface area contributed by atoms with Gasteiger partial charge < -0.3 is 10.6 Å². The Morgan fingerprint density at radius 2 is 1.96 bits per heavy atom. The maximum Gasteiger partial charge on any atom is 0.255 e. The minimum atomic E-state index is -0.361. The number of thiazole rings is 1. The fraction of sp³-hybridized carbons (Fsp3) is 0.158. The van der Waals surface area contributed by atoms with Crippen LogP contribution < -0.4 is 10.6 Å². The number of carbonyl (C=O) groups is 1. The van der Waals surface area contributed by atoms with Gasteiger partial charge in [0.25, 0.3) is 5.91 Å². The zero-order chi connectivity index (χ0) is 17.6. The molecule has 0 fully saturated rings. The molecule has 1 heterocycles. The molecule has 2 aromatic carbocycles. The Morgan fingerprint density at radius 1 is 1.16 bits per heavy atom. The third kappa shape index (κ3) is 4.95. The molecule has 128 valence electrons. The Balaban J connectivity index is 1.57. The third-order valence-corrected chi connectivity index (χ3v) is 4.42. The van der Waals surface area contributed by atoms with Gasteiger partial charge in [-0.1, -0.05) is 12.1 Å². The number of nitrogens with one attached hydrogen (secondary N) is 2. The van der Waals surface area contributed by atoms with Crippen molar-refractivity contribution in [3.8, 4) is 0 Å². The zero-order valence-electron chi connectivity index (χ0n) is 13.8. The number of anilines is 1. The molecule has 0 atom stereocenters. The average Bonchev–Trinajstić information content (AvgIpc) is 3.01. The number of carbonyl (C=O) groups excluding carboxylic acids is 1. The lowest BCUT2D eigenvalue weighted by Gasteiger charge is -2.08. The first-order chi connectivity index (χ1) is 12.1. The van der Waals surface area contributed by atoms with Gasteiger partial charge in [0.05, 0.1) is 10.7 Å². The third-order valence-electron chi connectivity index (χ3n) is 3.59. The number of rotatable bonds is 6. The van der Waals surface area contributed by atoms with E-state index in [4.69, 9.17) is 0 Å². The molecule has 3 aromatic rings. The van der Waals surface area contributed by atoms with Gasteiger partial charge in [-0.05, 0) is 48.9 Å². The lowest BCUT2D eigenvalue weighted by Crippen LogP contribution is -2.14. The topological polar surface area (TPSA) is 54.0 Å². The molecule has 0 bridgehead atoms. The van der Waals surface area contributed by atoms with Crippen molar-refractivity contribution in [3.63, 3.8) is 0 Å². The number of halogens is 1. The highest BCUT2D eigenvalue weighted by molar-refractivity contribution is 7.09. The summed E-state index contributed by atoms with van der Waals surface area (Å²) in [7, 11) is 0. The Bertz CT molecular complexity index is 861. The van der Waals surface area contributed by atoms with Crippen LogP contribution in [0.3, 0.4) is 0 Å². The van der Waals surface area contributed by atoms with Crippen LogP contribution in [0.25, 0.3) is 0 Å². The number of aromatic nitrogens is 1. The van der Waals surface area contributed by atoms with Crippen molar-refractivity contribution in [2.24, 2.45) is 0 Å². The van der Waals surface area contributed by atoms with Crippen LogP contribution in [0.1, 0.15) is 26.6 Å². The smallest absolute Gasteiger partial charge is 0.255 e. The monoisotopic (exact) mass is 355 g/mol. The normalized spacial score (nSPS) is 10.6. The standard InChI is InChI=1S/C19H18FN3OS/c1-13-22-18(12-25-13)11-21-10-14-3-2-4-17(9-14)23-19(24)15-5-7-16(20)8-6-15/h2-9,12,21H,10-11H2,1H3,(H,23,24). The van der Waals surface area contributed by atoms with E-state index in [2.05, 4.69) is 15.6 Å². The van der Waals surface area contributed by atoms with Crippen LogP contribution >= 0.6 is 11.3 Å². The molecule has 0 saturated heterocycles. The molecule has 0 aliphatic heterocycles. The first-order valence-corrected chi connectivity index (χ1v) is 8.76. The highest BCUT2D eigenvalue weighted by Crippen LogP contribution is 2.13. The van der Waals surface area contributed by atoms with E-state index < -0.39 is 0 Å². The zero-order valence-corrected chi connectivity index (χ0v) is 14.6. The van der Waals surface area contributed by atoms with E-state index >= 15 is 0 Å². The number of aryl methyl sites for hydroxylation is 1. The second-order valence-corrected chi connectivity index (χ2v) is 6.69. The van der Waals surface area contributed by atoms with Gasteiger partial charge in [0.2, 0.25) is 0 Å². The van der Waals surface area contributed by atoms with Crippen molar-refractivity contribution in [2.75, 3.05) is 5.32 Å². The van der Waals surface area contributed by atoms with Gasteiger partial charge in [0.1, 0.15) is 5.82 Å². The van der Waals surface area contributed by atoms with Crippen LogP contribution in [-0.4, -0.2) is 10.9 Å². The van der Waals surface area contributed by atoms with E-state index in [1.165, 1.54) is 24.3 Å². The van der Waals surface area contributed by atoms with E-state index in [0.29, 0.717) is 24.3 Å². The molecule has 0 saturated carbocycles. The van der Waals surface area contributed by atoms with Gasteiger partial charge in [-0.15, -0.1) is 11.3 Å². The first kappa shape index (κ1) is 17.3. The van der Waals surface area contributed by atoms with Crippen molar-refractivity contribution in [1.82, 2.24) is 10.3 Å². The predicted octanol–water partition coefficient (Wildman–Crippen LogP) is 4.13. The largest absolute Gasteiger partial charge is 0.322 e. The summed E-state index contributed by atoms with van der Waals surface area (Å²) in [6.07, 6.45) is 0. The molecule has 25 heavy (non-hydrogen) atoms. The Hall–Kier alpha value is -2.57. The van der Waals surface area contributed by atoms with Crippen LogP contribution in [0.5, 0.6) is 0 Å². The molecule has 0 radical (unpaired) electrons. The molecular formula is C19H18FN3OS. The highest BCUT2D eigenvalue weighted by Gasteiger charge is 2.06. The van der Waals surface area contributed by atoms with Crippen LogP contribution in [0.4, 0.5) is 10.1 Å². The van der Waals surface area contributed by atoms with Crippen LogP contribution in [0.2, 0.25) is 0 Å². The van der Waals surface area contributed by atoms with E-state index in [1.807, 2.05) is 36.6 Å². The summed E-state index contributed by atoms with van der Waals surface area (Å²) in [6.45, 7) is 3.37. The molecule has 3 rings (SSSR count). The van der Waals surface area contributed by atoms with Gasteiger partial charge in [0.15, 0.2) is 0 Å². The van der Waals surface area contributed by atoms with Gasteiger partial charge in [-0.25, -0.2) is 9.37 Å². The number of hydrogen-bond acceptors (Lipinski definition) is 4. The average molecular weight is 355 g/mol. The second kappa shape index (κ2) is 8.00. The predicted molar refractivity (Wildman–Crippen MR) is 98.2 cm³/mol. The number of amides is 1. The number of benzene rings is 2. The van der Waals surface area contributed by atoms with Crippen LogP contribution in [-0.2, 0) is 13.1 Å². The quantitative estimate of drug-likeness (QED) is 0.699. The summed E-state index contributed by atoms with van der Waals surface area (Å²) in [5, 5.41) is 9.27. The van der Waals surface area contributed by atoms with Gasteiger partial charge in [0, 0.05) is 29.7 Å². The van der Waals surface area contributed by atoms with Crippen molar-refractivity contribution in [3.05, 3.63) is 81.6 Å². The minimum absolute atomic E-state index is 0.261. The molecule has 0 aliphatic rings. The van der Waals surface area contributed by atoms with Crippen molar-refractivity contribution in [1.29, 1.82) is 0 Å². The highest BCUT2D eigenvalue weighted by atomic mass is 32.1. The van der Waals surface area contributed by atoms with Crippen molar-refractivity contribution >= 4 is 22.9 Å². The lowest BCUT2D eigenvalue weighted by atomic mass is 10.1. The molecule has 1 aromatic heterocycles. The molecule has 1 amide bonds. The lowest BCUT2D eigenvalue weighted by molar-refractivity contribution is 0.102. The van der Waals surface area contributed by atoms with E-state index in [-0.39, 0.29) is 11.7 Å². The molecule has 6 heteroatoms. The Morgan fingerprint density at radius 3 is 2.68 bits per heavy atom. The summed E-state index contributed by atoms with van der Waals surface area (Å²) in [6, 6.07) is 13.1. The van der Waals surface area contributed by atoms with E-state index in [0.717, 1.165) is 16.3 Å². The molecule has 4 nitrogen and oxygen atoms in total. The molecule has 0 unspecified atom stereocenters. The first-order valence-electron chi connectivity index (χ1n) is 7.88. The molecule has 0 spiro atoms. The maximum absolute atomic E-state index is 12.9. The molecule has 2 N–H and O–H groups in total. The summed E-state index contributed by atoms with van der Waals surface area (Å²) < 4.78 is 12.9. The van der Waals surface area contributed by atoms with Crippen molar-refractivity contribution in [2.45, 2.75) is 20.0 Å². The Kier molecular flexibility index (Phi) is 5.53. The van der Waals surface area contributed by atoms with Gasteiger partial charge >= 0.3 is 0 Å². The fourth-order valence-electron chi connectivity index (χ4n) is 2.39. The Labute approximate surface area is 149 Å². The minimum Gasteiger partial charge on any atom is -0.322 e. The van der Waals surface area contributed by atoms with Crippen LogP contribution in [0, 0.1) is 12.7 Å². The van der Waals surface area contributed by atoms with Crippen LogP contribution in [0.15, 0.2) is 53.9 Å². The second-order valence-electron chi connectivity index (χ2n) is 5.62. The van der Waals surface area contributed by atoms with Crippen molar-refractivity contribution < 1.29 is 9.18 Å². The summed E-state index contributed by atoms with van der Waals surface area (Å²) in [4.78, 5) is 16.6. The molecular weight excluding hydrogens is 337 g/mol. The van der Waals surface area contributed by atoms with E-state index in [9.17, 15) is 9.18 Å². The SMILES string of the molecule is Cc1nc(CNCc2cccc(NC(=O)c3ccc(F)cc3)c2)cs1. The van der Waals surface area contributed by atoms with E-state index in [1.54, 1.807) is 11.3 Å². The fourth-order valence-corrected chi connectivity index (χ4v) is 3.00. The molecule has 0 aliphatic carbocycles. The number of nitrogens with zero attached hydrogens (tertiary/aromatic N) is 1. The summed E-state index contributed by atoms with van der Waals surface area (Å²) in [5.74, 6) is -0.622. The maximum atomic E-state index is 12.9.